The fraction of sp³-hybridized carbons (Fsp3) is 0.438. The van der Waals surface area contributed by atoms with Crippen molar-refractivity contribution in [2.24, 2.45) is 7.05 Å². The van der Waals surface area contributed by atoms with Gasteiger partial charge in [0.2, 0.25) is 5.91 Å². The fourth-order valence-electron chi connectivity index (χ4n) is 2.73. The minimum Gasteiger partial charge on any atom is -0.463 e. The summed E-state index contributed by atoms with van der Waals surface area (Å²) in [5, 5.41) is 7.15. The molecule has 0 aromatic carbocycles. The summed E-state index contributed by atoms with van der Waals surface area (Å²) in [4.78, 5) is 25.6. The molecule has 122 valence electrons. The molecule has 0 saturated carbocycles. The molecule has 3 rings (SSSR count). The molecule has 0 bridgehead atoms. The van der Waals surface area contributed by atoms with Gasteiger partial charge in [-0.05, 0) is 25.0 Å². The molecule has 7 heteroatoms. The van der Waals surface area contributed by atoms with Gasteiger partial charge in [-0.15, -0.1) is 0 Å². The van der Waals surface area contributed by atoms with Gasteiger partial charge >= 0.3 is 0 Å². The lowest BCUT2D eigenvalue weighted by Gasteiger charge is -2.15. The summed E-state index contributed by atoms with van der Waals surface area (Å²) in [5.74, 6) is 0.670. The van der Waals surface area contributed by atoms with E-state index < -0.39 is 0 Å². The molecule has 1 aliphatic heterocycles. The molecule has 2 amide bonds. The van der Waals surface area contributed by atoms with Crippen molar-refractivity contribution in [3.63, 3.8) is 0 Å². The molecule has 1 fully saturated rings. The molecule has 0 spiro atoms. The maximum absolute atomic E-state index is 12.2. The van der Waals surface area contributed by atoms with Gasteiger partial charge in [-0.2, -0.15) is 5.10 Å². The number of hydrogen-bond donors (Lipinski definition) is 1. The number of amides is 2. The Labute approximate surface area is 134 Å². The first-order chi connectivity index (χ1) is 11.1. The summed E-state index contributed by atoms with van der Waals surface area (Å²) in [6, 6.07) is 5.29. The monoisotopic (exact) mass is 316 g/mol. The third-order valence-electron chi connectivity index (χ3n) is 3.95. The topological polar surface area (TPSA) is 80.4 Å². The first-order valence-corrected chi connectivity index (χ1v) is 7.79. The number of carbonyl (C=O) groups excluding carboxylic acids is 2. The summed E-state index contributed by atoms with van der Waals surface area (Å²) in [5.41, 5.74) is 1.11. The number of likely N-dealkylation sites (tertiary alicyclic amines) is 1. The summed E-state index contributed by atoms with van der Waals surface area (Å²) in [7, 11) is 1.73. The highest BCUT2D eigenvalue weighted by Crippen LogP contribution is 2.19. The Morgan fingerprint density at radius 1 is 1.48 bits per heavy atom. The second-order valence-electron chi connectivity index (χ2n) is 5.61. The van der Waals surface area contributed by atoms with Crippen LogP contribution < -0.4 is 5.32 Å². The summed E-state index contributed by atoms with van der Waals surface area (Å²) >= 11 is 0. The molecule has 3 heterocycles. The molecule has 2 aromatic rings. The van der Waals surface area contributed by atoms with Gasteiger partial charge < -0.3 is 14.6 Å². The largest absolute Gasteiger partial charge is 0.463 e. The molecular formula is C16H20N4O3. The Hall–Kier alpha value is -2.57. The number of furan rings is 1. The Morgan fingerprint density at radius 3 is 3.04 bits per heavy atom. The average Bonchev–Trinajstić information content (AvgIpc) is 3.24. The highest BCUT2D eigenvalue weighted by Gasteiger charge is 2.19. The van der Waals surface area contributed by atoms with Crippen molar-refractivity contribution < 1.29 is 14.0 Å². The van der Waals surface area contributed by atoms with Crippen LogP contribution in [0.1, 0.15) is 29.8 Å². The highest BCUT2D eigenvalue weighted by molar-refractivity contribution is 5.93. The van der Waals surface area contributed by atoms with Crippen LogP contribution in [0.25, 0.3) is 11.5 Å². The zero-order valence-corrected chi connectivity index (χ0v) is 13.1. The number of aromatic nitrogens is 2. The van der Waals surface area contributed by atoms with Gasteiger partial charge in [0, 0.05) is 39.2 Å². The van der Waals surface area contributed by atoms with Gasteiger partial charge in [0.25, 0.3) is 5.91 Å². The molecule has 1 aliphatic rings. The van der Waals surface area contributed by atoms with Gasteiger partial charge in [0.15, 0.2) is 5.76 Å². The van der Waals surface area contributed by atoms with Gasteiger partial charge in [-0.3, -0.25) is 14.3 Å². The van der Waals surface area contributed by atoms with Crippen LogP contribution in [0.15, 0.2) is 28.9 Å². The van der Waals surface area contributed by atoms with Gasteiger partial charge in [0.1, 0.15) is 11.4 Å². The number of aryl methyl sites for hydroxylation is 1. The van der Waals surface area contributed by atoms with Crippen molar-refractivity contribution in [1.29, 1.82) is 0 Å². The molecular weight excluding hydrogens is 296 g/mol. The van der Waals surface area contributed by atoms with Crippen molar-refractivity contribution >= 4 is 11.8 Å². The van der Waals surface area contributed by atoms with Gasteiger partial charge in [-0.25, -0.2) is 0 Å². The number of carbonyl (C=O) groups is 2. The Kier molecular flexibility index (Phi) is 4.45. The van der Waals surface area contributed by atoms with E-state index in [4.69, 9.17) is 4.42 Å². The normalized spacial score (nSPS) is 14.5. The number of rotatable bonds is 6. The lowest BCUT2D eigenvalue weighted by atomic mass is 10.3. The molecule has 7 nitrogen and oxygen atoms in total. The zero-order chi connectivity index (χ0) is 16.2. The third kappa shape index (κ3) is 3.44. The predicted molar refractivity (Wildman–Crippen MR) is 83.7 cm³/mol. The maximum Gasteiger partial charge on any atom is 0.269 e. The molecule has 1 N–H and O–H groups in total. The SMILES string of the molecule is Cn1nc(-c2ccco2)cc1C(=O)NCCCN1CCCC1=O. The Bertz CT molecular complexity index is 690. The summed E-state index contributed by atoms with van der Waals surface area (Å²) in [6.07, 6.45) is 3.91. The van der Waals surface area contributed by atoms with Gasteiger partial charge in [0.05, 0.1) is 6.26 Å². The standard InChI is InChI=1S/C16H20N4O3/c1-19-13(11-12(18-19)14-5-3-10-23-14)16(22)17-7-4-9-20-8-2-6-15(20)21/h3,5,10-11H,2,4,6-9H2,1H3,(H,17,22). The minimum atomic E-state index is -0.175. The van der Waals surface area contributed by atoms with E-state index in [1.54, 1.807) is 31.5 Å². The van der Waals surface area contributed by atoms with Crippen LogP contribution in [-0.2, 0) is 11.8 Å². The molecule has 0 unspecified atom stereocenters. The quantitative estimate of drug-likeness (QED) is 0.817. The number of nitrogens with zero attached hydrogens (tertiary/aromatic N) is 3. The van der Waals surface area contributed by atoms with E-state index >= 15 is 0 Å². The van der Waals surface area contributed by atoms with Crippen LogP contribution in [0, 0.1) is 0 Å². The second kappa shape index (κ2) is 6.68. The van der Waals surface area contributed by atoms with Crippen molar-refractivity contribution in [2.45, 2.75) is 19.3 Å². The van der Waals surface area contributed by atoms with Crippen LogP contribution in [0.3, 0.4) is 0 Å². The van der Waals surface area contributed by atoms with E-state index in [-0.39, 0.29) is 11.8 Å². The molecule has 1 saturated heterocycles. The zero-order valence-electron chi connectivity index (χ0n) is 13.1. The van der Waals surface area contributed by atoms with Crippen LogP contribution in [0.4, 0.5) is 0 Å². The predicted octanol–water partition coefficient (Wildman–Crippen LogP) is 1.42. The second-order valence-corrected chi connectivity index (χ2v) is 5.61. The number of nitrogens with one attached hydrogen (secondary N) is 1. The molecule has 0 radical (unpaired) electrons. The average molecular weight is 316 g/mol. The van der Waals surface area contributed by atoms with Crippen LogP contribution in [-0.4, -0.2) is 46.1 Å². The molecule has 0 atom stereocenters. The lowest BCUT2D eigenvalue weighted by Crippen LogP contribution is -2.31. The Balaban J connectivity index is 1.51. The van der Waals surface area contributed by atoms with Crippen molar-refractivity contribution in [3.8, 4) is 11.5 Å². The molecule has 23 heavy (non-hydrogen) atoms. The highest BCUT2D eigenvalue weighted by atomic mass is 16.3. The van der Waals surface area contributed by atoms with Gasteiger partial charge in [-0.1, -0.05) is 0 Å². The fourth-order valence-corrected chi connectivity index (χ4v) is 2.73. The van der Waals surface area contributed by atoms with Crippen LogP contribution in [0.2, 0.25) is 0 Å². The van der Waals surface area contributed by atoms with Crippen molar-refractivity contribution in [2.75, 3.05) is 19.6 Å². The molecule has 0 aliphatic carbocycles. The van der Waals surface area contributed by atoms with E-state index in [2.05, 4.69) is 10.4 Å². The first kappa shape index (κ1) is 15.3. The van der Waals surface area contributed by atoms with Crippen molar-refractivity contribution in [1.82, 2.24) is 20.0 Å². The smallest absolute Gasteiger partial charge is 0.269 e. The van der Waals surface area contributed by atoms with Crippen LogP contribution in [0.5, 0.6) is 0 Å². The van der Waals surface area contributed by atoms with Crippen molar-refractivity contribution in [3.05, 3.63) is 30.2 Å². The maximum atomic E-state index is 12.2. The third-order valence-corrected chi connectivity index (χ3v) is 3.95. The van der Waals surface area contributed by atoms with E-state index in [0.717, 1.165) is 19.4 Å². The van der Waals surface area contributed by atoms with E-state index in [9.17, 15) is 9.59 Å². The van der Waals surface area contributed by atoms with Crippen LogP contribution >= 0.6 is 0 Å². The van der Waals surface area contributed by atoms with E-state index in [0.29, 0.717) is 36.7 Å². The lowest BCUT2D eigenvalue weighted by molar-refractivity contribution is -0.127. The summed E-state index contributed by atoms with van der Waals surface area (Å²) < 4.78 is 6.83. The summed E-state index contributed by atoms with van der Waals surface area (Å²) in [6.45, 7) is 2.06. The minimum absolute atomic E-state index is 0.175. The first-order valence-electron chi connectivity index (χ1n) is 7.79. The Morgan fingerprint density at radius 2 is 2.35 bits per heavy atom. The van der Waals surface area contributed by atoms with E-state index in [1.807, 2.05) is 4.90 Å². The molecule has 2 aromatic heterocycles. The van der Waals surface area contributed by atoms with E-state index in [1.165, 1.54) is 4.68 Å². The number of hydrogen-bond acceptors (Lipinski definition) is 4.